The first-order valence-corrected chi connectivity index (χ1v) is 10.8. The van der Waals surface area contributed by atoms with Gasteiger partial charge in [0, 0.05) is 19.2 Å². The molecule has 2 aromatic rings. The molecule has 0 N–H and O–H groups in total. The van der Waals surface area contributed by atoms with E-state index in [1.807, 2.05) is 0 Å². The fourth-order valence-corrected chi connectivity index (χ4v) is 4.91. The van der Waals surface area contributed by atoms with E-state index in [1.54, 1.807) is 35.2 Å². The van der Waals surface area contributed by atoms with Crippen LogP contribution in [0.5, 0.6) is 0 Å². The molecule has 0 aromatic heterocycles. The maximum Gasteiger partial charge on any atom is 0.289 e. The Morgan fingerprint density at radius 3 is 2.31 bits per heavy atom. The fourth-order valence-electron chi connectivity index (χ4n) is 3.33. The molecule has 3 rings (SSSR count). The van der Waals surface area contributed by atoms with Crippen molar-refractivity contribution in [3.63, 3.8) is 0 Å². The summed E-state index contributed by atoms with van der Waals surface area (Å²) in [5, 5.41) is 11.4. The monoisotopic (exact) mass is 417 g/mol. The number of carbonyl (C=O) groups excluding carboxylic acids is 1. The smallest absolute Gasteiger partial charge is 0.289 e. The van der Waals surface area contributed by atoms with Gasteiger partial charge in [-0.15, -0.1) is 0 Å². The van der Waals surface area contributed by atoms with Crippen LogP contribution in [-0.2, 0) is 14.8 Å². The Morgan fingerprint density at radius 1 is 1.10 bits per heavy atom. The maximum absolute atomic E-state index is 13.4. The lowest BCUT2D eigenvalue weighted by Crippen LogP contribution is -2.45. The molecular weight excluding hydrogens is 394 g/mol. The third kappa shape index (κ3) is 4.56. The van der Waals surface area contributed by atoms with Crippen molar-refractivity contribution in [1.29, 1.82) is 0 Å². The van der Waals surface area contributed by atoms with Gasteiger partial charge in [-0.05, 0) is 37.0 Å². The molecule has 154 valence electrons. The van der Waals surface area contributed by atoms with E-state index in [2.05, 4.69) is 6.92 Å². The SMILES string of the molecule is CC1CCN(C(=O)CN(c2ccccc2)S(=O)(=O)c2ccccc2[N+](=O)[O-])CC1. The molecule has 0 spiro atoms. The van der Waals surface area contributed by atoms with E-state index in [0.717, 1.165) is 23.2 Å². The molecule has 2 aromatic carbocycles. The minimum absolute atomic E-state index is 0.282. The van der Waals surface area contributed by atoms with E-state index < -0.39 is 32.1 Å². The molecule has 0 bridgehead atoms. The number of sulfonamides is 1. The molecule has 1 heterocycles. The Bertz CT molecular complexity index is 986. The number of para-hydroxylation sites is 2. The Kier molecular flexibility index (Phi) is 6.17. The zero-order chi connectivity index (χ0) is 21.0. The van der Waals surface area contributed by atoms with Gasteiger partial charge in [0.2, 0.25) is 5.91 Å². The minimum atomic E-state index is -4.33. The van der Waals surface area contributed by atoms with Gasteiger partial charge >= 0.3 is 0 Å². The van der Waals surface area contributed by atoms with Crippen LogP contribution in [0.15, 0.2) is 59.5 Å². The lowest BCUT2D eigenvalue weighted by atomic mass is 9.99. The molecule has 8 nitrogen and oxygen atoms in total. The average Bonchev–Trinajstić information content (AvgIpc) is 2.72. The van der Waals surface area contributed by atoms with Gasteiger partial charge in [0.25, 0.3) is 15.7 Å². The second kappa shape index (κ2) is 8.60. The molecule has 0 radical (unpaired) electrons. The quantitative estimate of drug-likeness (QED) is 0.531. The maximum atomic E-state index is 13.4. The number of hydrogen-bond acceptors (Lipinski definition) is 5. The molecule has 1 amide bonds. The molecule has 1 fully saturated rings. The summed E-state index contributed by atoms with van der Waals surface area (Å²) in [6, 6.07) is 13.3. The topological polar surface area (TPSA) is 101 Å². The summed E-state index contributed by atoms with van der Waals surface area (Å²) >= 11 is 0. The summed E-state index contributed by atoms with van der Waals surface area (Å²) in [6.45, 7) is 2.87. The van der Waals surface area contributed by atoms with E-state index in [-0.39, 0.29) is 11.6 Å². The van der Waals surface area contributed by atoms with Crippen molar-refractivity contribution in [3.8, 4) is 0 Å². The van der Waals surface area contributed by atoms with Crippen LogP contribution in [0.1, 0.15) is 19.8 Å². The van der Waals surface area contributed by atoms with Gasteiger partial charge in [0.15, 0.2) is 4.90 Å². The van der Waals surface area contributed by atoms with Crippen molar-refractivity contribution in [2.75, 3.05) is 23.9 Å². The van der Waals surface area contributed by atoms with Crippen molar-refractivity contribution in [3.05, 3.63) is 64.7 Å². The number of hydrogen-bond donors (Lipinski definition) is 0. The van der Waals surface area contributed by atoms with E-state index >= 15 is 0 Å². The van der Waals surface area contributed by atoms with E-state index in [4.69, 9.17) is 0 Å². The van der Waals surface area contributed by atoms with Crippen LogP contribution in [0.2, 0.25) is 0 Å². The molecule has 1 saturated heterocycles. The molecular formula is C20H23N3O5S. The van der Waals surface area contributed by atoms with Gasteiger partial charge in [-0.2, -0.15) is 0 Å². The van der Waals surface area contributed by atoms with E-state index in [1.165, 1.54) is 18.2 Å². The van der Waals surface area contributed by atoms with Gasteiger partial charge in [0.1, 0.15) is 6.54 Å². The lowest BCUT2D eigenvalue weighted by Gasteiger charge is -2.32. The first kappa shape index (κ1) is 20.8. The summed E-state index contributed by atoms with van der Waals surface area (Å²) in [5.41, 5.74) is -0.239. The normalized spacial score (nSPS) is 15.1. The first-order valence-electron chi connectivity index (χ1n) is 9.39. The van der Waals surface area contributed by atoms with Crippen LogP contribution in [0.25, 0.3) is 0 Å². The predicted molar refractivity (Wildman–Crippen MR) is 109 cm³/mol. The molecule has 0 saturated carbocycles. The van der Waals surface area contributed by atoms with Crippen molar-refractivity contribution in [2.45, 2.75) is 24.7 Å². The highest BCUT2D eigenvalue weighted by molar-refractivity contribution is 7.93. The van der Waals surface area contributed by atoms with Crippen LogP contribution in [0, 0.1) is 16.0 Å². The van der Waals surface area contributed by atoms with Crippen LogP contribution < -0.4 is 4.31 Å². The van der Waals surface area contributed by atoms with E-state index in [9.17, 15) is 23.3 Å². The van der Waals surface area contributed by atoms with Gasteiger partial charge in [-0.1, -0.05) is 37.3 Å². The molecule has 0 atom stereocenters. The Balaban J connectivity index is 1.98. The summed E-state index contributed by atoms with van der Waals surface area (Å²) in [4.78, 5) is 24.7. The highest BCUT2D eigenvalue weighted by Gasteiger charge is 2.34. The third-order valence-electron chi connectivity index (χ3n) is 5.09. The zero-order valence-corrected chi connectivity index (χ0v) is 16.9. The fraction of sp³-hybridized carbons (Fsp3) is 0.350. The molecule has 9 heteroatoms. The van der Waals surface area contributed by atoms with Crippen LogP contribution >= 0.6 is 0 Å². The number of likely N-dealkylation sites (tertiary alicyclic amines) is 1. The summed E-state index contributed by atoms with van der Waals surface area (Å²) in [7, 11) is -4.33. The third-order valence-corrected chi connectivity index (χ3v) is 6.91. The van der Waals surface area contributed by atoms with Crippen molar-refractivity contribution < 1.29 is 18.1 Å². The standard InChI is InChI=1S/C20H23N3O5S/c1-16-11-13-21(14-12-16)20(24)15-22(17-7-3-2-4-8-17)29(27,28)19-10-6-5-9-18(19)23(25)26/h2-10,16H,11-15H2,1H3. The van der Waals surface area contributed by atoms with Crippen LogP contribution in [-0.4, -0.2) is 43.8 Å². The van der Waals surface area contributed by atoms with Gasteiger partial charge in [-0.25, -0.2) is 8.42 Å². The molecule has 29 heavy (non-hydrogen) atoms. The Morgan fingerprint density at radius 2 is 1.69 bits per heavy atom. The highest BCUT2D eigenvalue weighted by atomic mass is 32.2. The second-order valence-electron chi connectivity index (χ2n) is 7.14. The number of nitrogens with zero attached hydrogens (tertiary/aromatic N) is 3. The largest absolute Gasteiger partial charge is 0.341 e. The van der Waals surface area contributed by atoms with Crippen molar-refractivity contribution >= 4 is 27.3 Å². The number of benzene rings is 2. The Hall–Kier alpha value is -2.94. The molecule has 1 aliphatic heterocycles. The number of carbonyl (C=O) groups is 1. The Labute approximate surface area is 169 Å². The summed E-state index contributed by atoms with van der Waals surface area (Å²) < 4.78 is 27.7. The molecule has 0 unspecified atom stereocenters. The minimum Gasteiger partial charge on any atom is -0.341 e. The average molecular weight is 417 g/mol. The zero-order valence-electron chi connectivity index (χ0n) is 16.1. The number of nitro groups is 1. The number of nitro benzene ring substituents is 1. The van der Waals surface area contributed by atoms with E-state index in [0.29, 0.717) is 19.0 Å². The van der Waals surface area contributed by atoms with Crippen LogP contribution in [0.3, 0.4) is 0 Å². The molecule has 0 aliphatic carbocycles. The number of rotatable bonds is 6. The molecule has 1 aliphatic rings. The number of amides is 1. The van der Waals surface area contributed by atoms with Gasteiger partial charge in [0.05, 0.1) is 10.6 Å². The first-order chi connectivity index (χ1) is 13.8. The van der Waals surface area contributed by atoms with Crippen LogP contribution in [0.4, 0.5) is 11.4 Å². The number of piperidine rings is 1. The van der Waals surface area contributed by atoms with Crippen molar-refractivity contribution in [2.24, 2.45) is 5.92 Å². The van der Waals surface area contributed by atoms with Gasteiger partial charge < -0.3 is 4.90 Å². The predicted octanol–water partition coefficient (Wildman–Crippen LogP) is 3.05. The van der Waals surface area contributed by atoms with Gasteiger partial charge in [-0.3, -0.25) is 19.2 Å². The number of anilines is 1. The second-order valence-corrected chi connectivity index (χ2v) is 8.97. The highest BCUT2D eigenvalue weighted by Crippen LogP contribution is 2.30. The van der Waals surface area contributed by atoms with Crippen molar-refractivity contribution in [1.82, 2.24) is 4.90 Å². The summed E-state index contributed by atoms with van der Waals surface area (Å²) in [6.07, 6.45) is 1.74. The lowest BCUT2D eigenvalue weighted by molar-refractivity contribution is -0.387. The summed E-state index contributed by atoms with van der Waals surface area (Å²) in [5.74, 6) is 0.211.